The van der Waals surface area contributed by atoms with Crippen LogP contribution in [0.25, 0.3) is 0 Å². The minimum atomic E-state index is -0.0734. The van der Waals surface area contributed by atoms with Crippen LogP contribution in [0, 0.1) is 10.8 Å². The van der Waals surface area contributed by atoms with E-state index < -0.39 is 0 Å². The largest absolute Gasteiger partial charge is 0.283 e. The number of hydrogen-bond donors (Lipinski definition) is 0. The Morgan fingerprint density at radius 1 is 1.12 bits per heavy atom. The first-order valence-corrected chi connectivity index (χ1v) is 6.47. The van der Waals surface area contributed by atoms with Crippen molar-refractivity contribution in [1.29, 1.82) is 0 Å². The number of aliphatic imine (C=N–C) groups is 1. The average molecular weight is 233 g/mol. The molecule has 96 valence electrons. The fraction of sp³-hybridized carbons (Fsp3) is 0.688. The second-order valence-electron chi connectivity index (χ2n) is 7.51. The summed E-state index contributed by atoms with van der Waals surface area (Å²) in [5.74, 6) is 0. The van der Waals surface area contributed by atoms with Gasteiger partial charge in [-0.15, -0.1) is 0 Å². The average Bonchev–Trinajstić information content (AvgIpc) is 2.21. The summed E-state index contributed by atoms with van der Waals surface area (Å²) in [6, 6.07) is 0. The molecule has 1 nitrogen and oxygen atoms in total. The van der Waals surface area contributed by atoms with Crippen molar-refractivity contribution in [3.63, 3.8) is 0 Å². The summed E-state index contributed by atoms with van der Waals surface area (Å²) in [5, 5.41) is 0. The fourth-order valence-corrected chi connectivity index (χ4v) is 2.58. The van der Waals surface area contributed by atoms with Crippen molar-refractivity contribution in [2.24, 2.45) is 15.8 Å². The van der Waals surface area contributed by atoms with Crippen molar-refractivity contribution in [2.75, 3.05) is 0 Å². The number of allylic oxidation sites excluding steroid dienone is 3. The maximum absolute atomic E-state index is 4.53. The minimum absolute atomic E-state index is 0.0734. The Morgan fingerprint density at radius 2 is 1.71 bits per heavy atom. The molecule has 1 heteroatoms. The molecule has 1 aliphatic rings. The highest BCUT2D eigenvalue weighted by Gasteiger charge is 2.28. The fourth-order valence-electron chi connectivity index (χ4n) is 2.58. The molecule has 0 fully saturated rings. The zero-order chi connectivity index (χ0) is 13.3. The third kappa shape index (κ3) is 4.49. The van der Waals surface area contributed by atoms with E-state index in [0.717, 1.165) is 0 Å². The third-order valence-electron chi connectivity index (χ3n) is 3.09. The smallest absolute Gasteiger partial charge is 0.0734 e. The zero-order valence-corrected chi connectivity index (χ0v) is 12.5. The van der Waals surface area contributed by atoms with Gasteiger partial charge in [0.1, 0.15) is 0 Å². The van der Waals surface area contributed by atoms with Crippen LogP contribution in [-0.2, 0) is 0 Å². The van der Waals surface area contributed by atoms with E-state index in [4.69, 9.17) is 0 Å². The Kier molecular flexibility index (Phi) is 3.71. The Balaban J connectivity index is 2.94. The topological polar surface area (TPSA) is 12.4 Å². The maximum atomic E-state index is 4.53. The van der Waals surface area contributed by atoms with Gasteiger partial charge in [-0.1, -0.05) is 46.8 Å². The van der Waals surface area contributed by atoms with Gasteiger partial charge in [0.25, 0.3) is 0 Å². The van der Waals surface area contributed by atoms with Gasteiger partial charge in [0.05, 0.1) is 5.54 Å². The SMILES string of the molecule is CC(C)(C)CC(C)(C)C1=CC=NC(C)(C)C=C1. The van der Waals surface area contributed by atoms with Crippen molar-refractivity contribution in [2.45, 2.75) is 60.4 Å². The van der Waals surface area contributed by atoms with Crippen molar-refractivity contribution < 1.29 is 0 Å². The number of rotatable bonds is 2. The first-order valence-electron chi connectivity index (χ1n) is 6.47. The molecule has 0 N–H and O–H groups in total. The van der Waals surface area contributed by atoms with E-state index in [-0.39, 0.29) is 11.0 Å². The Hall–Kier alpha value is -0.850. The lowest BCUT2D eigenvalue weighted by atomic mass is 9.71. The molecule has 1 aliphatic heterocycles. The summed E-state index contributed by atoms with van der Waals surface area (Å²) in [5.41, 5.74) is 1.84. The van der Waals surface area contributed by atoms with Crippen LogP contribution in [0.3, 0.4) is 0 Å². The highest BCUT2D eigenvalue weighted by Crippen LogP contribution is 2.39. The molecule has 1 heterocycles. The van der Waals surface area contributed by atoms with Crippen molar-refractivity contribution in [1.82, 2.24) is 0 Å². The quantitative estimate of drug-likeness (QED) is 0.650. The molecule has 0 bridgehead atoms. The molecule has 0 amide bonds. The Bertz CT molecular complexity index is 359. The van der Waals surface area contributed by atoms with Gasteiger partial charge in [0.15, 0.2) is 0 Å². The Labute approximate surface area is 107 Å². The van der Waals surface area contributed by atoms with E-state index >= 15 is 0 Å². The predicted molar refractivity (Wildman–Crippen MR) is 77.6 cm³/mol. The van der Waals surface area contributed by atoms with Gasteiger partial charge in [-0.2, -0.15) is 0 Å². The Morgan fingerprint density at radius 3 is 2.24 bits per heavy atom. The van der Waals surface area contributed by atoms with E-state index in [2.05, 4.69) is 71.7 Å². The van der Waals surface area contributed by atoms with Crippen LogP contribution in [0.4, 0.5) is 0 Å². The van der Waals surface area contributed by atoms with Gasteiger partial charge >= 0.3 is 0 Å². The molecular formula is C16H27N. The summed E-state index contributed by atoms with van der Waals surface area (Å²) >= 11 is 0. The van der Waals surface area contributed by atoms with Crippen LogP contribution in [0.2, 0.25) is 0 Å². The lowest BCUT2D eigenvalue weighted by molar-refractivity contribution is 0.253. The monoisotopic (exact) mass is 233 g/mol. The van der Waals surface area contributed by atoms with Crippen molar-refractivity contribution in [3.8, 4) is 0 Å². The standard InChI is InChI=1S/C16H27N/c1-14(2,3)12-15(4,5)13-8-10-16(6,7)17-11-9-13/h8-11H,12H2,1-7H3. The summed E-state index contributed by atoms with van der Waals surface area (Å²) in [6.45, 7) is 15.8. The molecule has 0 aromatic heterocycles. The highest BCUT2D eigenvalue weighted by molar-refractivity contribution is 5.75. The third-order valence-corrected chi connectivity index (χ3v) is 3.09. The molecule has 0 unspecified atom stereocenters. The second-order valence-corrected chi connectivity index (χ2v) is 7.51. The van der Waals surface area contributed by atoms with Crippen molar-refractivity contribution in [3.05, 3.63) is 23.8 Å². The molecule has 0 saturated heterocycles. The summed E-state index contributed by atoms with van der Waals surface area (Å²) in [4.78, 5) is 4.53. The van der Waals surface area contributed by atoms with Gasteiger partial charge in [-0.3, -0.25) is 4.99 Å². The van der Waals surface area contributed by atoms with Crippen LogP contribution in [0.15, 0.2) is 28.8 Å². The van der Waals surface area contributed by atoms with Crippen LogP contribution >= 0.6 is 0 Å². The molecule has 1 rings (SSSR count). The second kappa shape index (κ2) is 4.44. The minimum Gasteiger partial charge on any atom is -0.283 e. The van der Waals surface area contributed by atoms with E-state index in [1.165, 1.54) is 12.0 Å². The van der Waals surface area contributed by atoms with Gasteiger partial charge in [0.2, 0.25) is 0 Å². The van der Waals surface area contributed by atoms with Gasteiger partial charge < -0.3 is 0 Å². The summed E-state index contributed by atoms with van der Waals surface area (Å²) in [6.07, 6.45) is 9.74. The van der Waals surface area contributed by atoms with Gasteiger partial charge in [-0.05, 0) is 42.7 Å². The number of hydrogen-bond acceptors (Lipinski definition) is 1. The molecule has 0 saturated carbocycles. The van der Waals surface area contributed by atoms with E-state index in [0.29, 0.717) is 5.41 Å². The van der Waals surface area contributed by atoms with E-state index in [1.807, 2.05) is 6.21 Å². The lowest BCUT2D eigenvalue weighted by Crippen LogP contribution is -2.22. The first kappa shape index (κ1) is 14.2. The van der Waals surface area contributed by atoms with E-state index in [1.54, 1.807) is 0 Å². The van der Waals surface area contributed by atoms with Crippen LogP contribution in [0.1, 0.15) is 54.9 Å². The van der Waals surface area contributed by atoms with Crippen LogP contribution < -0.4 is 0 Å². The summed E-state index contributed by atoms with van der Waals surface area (Å²) in [7, 11) is 0. The highest BCUT2D eigenvalue weighted by atomic mass is 14.8. The first-order chi connectivity index (χ1) is 7.52. The zero-order valence-electron chi connectivity index (χ0n) is 12.5. The van der Waals surface area contributed by atoms with Gasteiger partial charge in [0, 0.05) is 6.21 Å². The molecule has 0 aromatic rings. The molecule has 0 spiro atoms. The van der Waals surface area contributed by atoms with Crippen LogP contribution in [0.5, 0.6) is 0 Å². The normalized spacial score (nSPS) is 20.1. The molecular weight excluding hydrogens is 206 g/mol. The maximum Gasteiger partial charge on any atom is 0.0734 e. The molecule has 0 aliphatic carbocycles. The van der Waals surface area contributed by atoms with E-state index in [9.17, 15) is 0 Å². The molecule has 0 atom stereocenters. The predicted octanol–water partition coefficient (Wildman–Crippen LogP) is 4.79. The molecule has 0 aromatic carbocycles. The lowest BCUT2D eigenvalue weighted by Gasteiger charge is -2.33. The molecule has 0 radical (unpaired) electrons. The van der Waals surface area contributed by atoms with Crippen LogP contribution in [-0.4, -0.2) is 11.8 Å². The number of nitrogens with zero attached hydrogens (tertiary/aromatic N) is 1. The summed E-state index contributed by atoms with van der Waals surface area (Å²) < 4.78 is 0. The molecule has 17 heavy (non-hydrogen) atoms. The van der Waals surface area contributed by atoms with Crippen molar-refractivity contribution >= 4 is 6.21 Å². The van der Waals surface area contributed by atoms with Gasteiger partial charge in [-0.25, -0.2) is 0 Å².